The first-order chi connectivity index (χ1) is 36.0. The van der Waals surface area contributed by atoms with Crippen LogP contribution in [0.15, 0.2) is 48.6 Å². The molecule has 2 unspecified atom stereocenters. The number of carbonyl (C=O) groups is 2. The Bertz CT molecular complexity index is 1230. The molecule has 0 heterocycles. The topological polar surface area (TPSA) is 95.9 Å². The first kappa shape index (κ1) is 70.8. The third kappa shape index (κ3) is 58.9. The van der Waals surface area contributed by atoms with Gasteiger partial charge >= 0.3 is 5.97 Å². The number of esters is 1. The average Bonchev–Trinajstić information content (AvgIpc) is 3.39. The highest BCUT2D eigenvalue weighted by molar-refractivity contribution is 5.76. The largest absolute Gasteiger partial charge is 0.466 e. The van der Waals surface area contributed by atoms with Crippen molar-refractivity contribution in [2.24, 2.45) is 0 Å². The van der Waals surface area contributed by atoms with Gasteiger partial charge in [-0.05, 0) is 89.9 Å². The summed E-state index contributed by atoms with van der Waals surface area (Å²) >= 11 is 0. The molecule has 0 saturated heterocycles. The zero-order valence-electron chi connectivity index (χ0n) is 48.9. The summed E-state index contributed by atoms with van der Waals surface area (Å²) in [6.45, 7) is 4.86. The minimum absolute atomic E-state index is 0.0187. The zero-order valence-corrected chi connectivity index (χ0v) is 48.9. The zero-order chi connectivity index (χ0) is 52.9. The minimum atomic E-state index is -0.857. The fourth-order valence-corrected chi connectivity index (χ4v) is 9.84. The molecule has 0 aromatic heterocycles. The number of unbranched alkanes of at least 4 members (excludes halogenated alkanes) is 43. The summed E-state index contributed by atoms with van der Waals surface area (Å²) in [5, 5.41) is 23.2. The highest BCUT2D eigenvalue weighted by Gasteiger charge is 2.18. The molecule has 0 aromatic carbocycles. The molecule has 0 aliphatic carbocycles. The first-order valence-electron chi connectivity index (χ1n) is 32.4. The van der Waals surface area contributed by atoms with Gasteiger partial charge in [0.05, 0.1) is 25.4 Å². The Labute approximate surface area is 455 Å². The molecule has 428 valence electrons. The molecule has 2 atom stereocenters. The Kier molecular flexibility index (Phi) is 60.5. The lowest BCUT2D eigenvalue weighted by atomic mass is 10.0. The molecule has 3 N–H and O–H groups in total. The second-order valence-corrected chi connectivity index (χ2v) is 22.1. The Hall–Kier alpha value is -2.18. The van der Waals surface area contributed by atoms with Crippen LogP contribution in [0.25, 0.3) is 0 Å². The molecule has 0 fully saturated rings. The molecular formula is C67H125NO5. The van der Waals surface area contributed by atoms with Crippen LogP contribution in [0.3, 0.4) is 0 Å². The second kappa shape index (κ2) is 62.4. The number of allylic oxidation sites excluding steroid dienone is 7. The quantitative estimate of drug-likeness (QED) is 0.0320. The summed E-state index contributed by atoms with van der Waals surface area (Å²) in [6, 6.07) is -0.642. The van der Waals surface area contributed by atoms with Crippen molar-refractivity contribution < 1.29 is 24.5 Å². The van der Waals surface area contributed by atoms with Gasteiger partial charge in [0, 0.05) is 12.8 Å². The summed E-state index contributed by atoms with van der Waals surface area (Å²) in [5.74, 6) is -0.0998. The summed E-state index contributed by atoms with van der Waals surface area (Å²) in [7, 11) is 0. The van der Waals surface area contributed by atoms with E-state index < -0.39 is 12.1 Å². The summed E-state index contributed by atoms with van der Waals surface area (Å²) in [6.07, 6.45) is 80.1. The van der Waals surface area contributed by atoms with E-state index >= 15 is 0 Å². The normalized spacial score (nSPS) is 12.9. The molecule has 0 spiro atoms. The van der Waals surface area contributed by atoms with Crippen molar-refractivity contribution in [2.75, 3.05) is 13.2 Å². The highest BCUT2D eigenvalue weighted by atomic mass is 16.5. The molecule has 6 nitrogen and oxygen atoms in total. The van der Waals surface area contributed by atoms with Crippen molar-refractivity contribution in [2.45, 2.75) is 353 Å². The van der Waals surface area contributed by atoms with E-state index in [1.165, 1.54) is 238 Å². The second-order valence-electron chi connectivity index (χ2n) is 22.1. The number of hydrogen-bond donors (Lipinski definition) is 3. The fraction of sp³-hybridized carbons (Fsp3) is 0.851. The average molecular weight is 1020 g/mol. The number of aliphatic hydroxyl groups excluding tert-OH is 2. The van der Waals surface area contributed by atoms with Gasteiger partial charge in [-0.3, -0.25) is 9.59 Å². The highest BCUT2D eigenvalue weighted by Crippen LogP contribution is 2.17. The number of aliphatic hydroxyl groups is 2. The molecule has 0 aromatic rings. The number of carbonyl (C=O) groups excluding carboxylic acids is 2. The maximum absolute atomic E-state index is 12.5. The van der Waals surface area contributed by atoms with Crippen LogP contribution >= 0.6 is 0 Å². The van der Waals surface area contributed by atoms with Crippen LogP contribution in [-0.4, -0.2) is 47.4 Å². The lowest BCUT2D eigenvalue weighted by Gasteiger charge is -2.20. The molecule has 0 radical (unpaired) electrons. The Morgan fingerprint density at radius 3 is 1.08 bits per heavy atom. The Morgan fingerprint density at radius 2 is 0.685 bits per heavy atom. The van der Waals surface area contributed by atoms with E-state index in [0.717, 1.165) is 77.0 Å². The molecule has 6 heteroatoms. The molecule has 0 aliphatic rings. The maximum Gasteiger partial charge on any atom is 0.305 e. The molecule has 0 bridgehead atoms. The van der Waals surface area contributed by atoms with Crippen molar-refractivity contribution in [1.82, 2.24) is 5.32 Å². The van der Waals surface area contributed by atoms with Crippen LogP contribution in [0.2, 0.25) is 0 Å². The molecular weight excluding hydrogens is 899 g/mol. The van der Waals surface area contributed by atoms with Crippen molar-refractivity contribution in [3.8, 4) is 0 Å². The van der Waals surface area contributed by atoms with Crippen LogP contribution in [0.4, 0.5) is 0 Å². The Morgan fingerprint density at radius 1 is 0.384 bits per heavy atom. The molecule has 0 rings (SSSR count). The van der Waals surface area contributed by atoms with Crippen LogP contribution < -0.4 is 5.32 Å². The number of rotatable bonds is 60. The van der Waals surface area contributed by atoms with E-state index in [2.05, 4.69) is 55.6 Å². The third-order valence-corrected chi connectivity index (χ3v) is 14.8. The number of amides is 1. The van der Waals surface area contributed by atoms with Gasteiger partial charge in [0.1, 0.15) is 0 Å². The van der Waals surface area contributed by atoms with Gasteiger partial charge in [-0.15, -0.1) is 0 Å². The van der Waals surface area contributed by atoms with Gasteiger partial charge in [0.25, 0.3) is 0 Å². The molecule has 0 saturated carbocycles. The van der Waals surface area contributed by atoms with Gasteiger partial charge in [-0.25, -0.2) is 0 Å². The van der Waals surface area contributed by atoms with E-state index in [9.17, 15) is 19.8 Å². The molecule has 73 heavy (non-hydrogen) atoms. The lowest BCUT2D eigenvalue weighted by Crippen LogP contribution is -2.45. The van der Waals surface area contributed by atoms with Crippen LogP contribution in [0.5, 0.6) is 0 Å². The summed E-state index contributed by atoms with van der Waals surface area (Å²) < 4.78 is 5.47. The molecule has 0 aliphatic heterocycles. The standard InChI is InChI=1S/C67H125NO5/c1-3-5-7-9-11-13-15-17-19-21-22-23-24-25-26-27-29-31-35-39-43-47-51-55-59-65(70)64(63-69)68-66(71)60-56-52-48-44-40-36-32-30-34-38-42-46-50-54-58-62-73-67(72)61-57-53-49-45-41-37-33-28-20-18-16-14-12-10-8-6-4-2/h12,14,18,20,34,38,55,59,64-65,69-70H,3-11,13,15-17,19,21-33,35-37,39-54,56-58,60-63H2,1-2H3,(H,68,71)/b14-12-,20-18-,38-34-,59-55+. The predicted molar refractivity (Wildman–Crippen MR) is 319 cm³/mol. The van der Waals surface area contributed by atoms with E-state index in [-0.39, 0.29) is 18.5 Å². The number of nitrogens with one attached hydrogen (secondary N) is 1. The number of ether oxygens (including phenoxy) is 1. The number of hydrogen-bond acceptors (Lipinski definition) is 5. The van der Waals surface area contributed by atoms with E-state index in [1.807, 2.05) is 6.08 Å². The van der Waals surface area contributed by atoms with Crippen molar-refractivity contribution in [3.05, 3.63) is 48.6 Å². The van der Waals surface area contributed by atoms with Crippen molar-refractivity contribution >= 4 is 11.9 Å². The van der Waals surface area contributed by atoms with Crippen LogP contribution in [-0.2, 0) is 14.3 Å². The van der Waals surface area contributed by atoms with E-state index in [1.54, 1.807) is 6.08 Å². The minimum Gasteiger partial charge on any atom is -0.466 e. The Balaban J connectivity index is 3.50. The first-order valence-corrected chi connectivity index (χ1v) is 32.4. The summed E-state index contributed by atoms with van der Waals surface area (Å²) in [5.41, 5.74) is 0. The van der Waals surface area contributed by atoms with Gasteiger partial charge < -0.3 is 20.3 Å². The van der Waals surface area contributed by atoms with Gasteiger partial charge in [0.15, 0.2) is 0 Å². The summed E-state index contributed by atoms with van der Waals surface area (Å²) in [4.78, 5) is 24.6. The van der Waals surface area contributed by atoms with Crippen LogP contribution in [0.1, 0.15) is 341 Å². The fourth-order valence-electron chi connectivity index (χ4n) is 9.84. The van der Waals surface area contributed by atoms with Crippen molar-refractivity contribution in [3.63, 3.8) is 0 Å². The smallest absolute Gasteiger partial charge is 0.305 e. The monoisotopic (exact) mass is 1020 g/mol. The van der Waals surface area contributed by atoms with Crippen LogP contribution in [0, 0.1) is 0 Å². The van der Waals surface area contributed by atoms with Gasteiger partial charge in [-0.2, -0.15) is 0 Å². The van der Waals surface area contributed by atoms with Gasteiger partial charge in [-0.1, -0.05) is 287 Å². The van der Waals surface area contributed by atoms with Gasteiger partial charge in [0.2, 0.25) is 5.91 Å². The molecule has 1 amide bonds. The lowest BCUT2D eigenvalue weighted by molar-refractivity contribution is -0.143. The maximum atomic E-state index is 12.5. The predicted octanol–water partition coefficient (Wildman–Crippen LogP) is 20.5. The van der Waals surface area contributed by atoms with E-state index in [4.69, 9.17) is 4.74 Å². The third-order valence-electron chi connectivity index (χ3n) is 14.8. The van der Waals surface area contributed by atoms with E-state index in [0.29, 0.717) is 19.4 Å². The van der Waals surface area contributed by atoms with Crippen molar-refractivity contribution in [1.29, 1.82) is 0 Å². The SMILES string of the molecule is CCCCC/C=C\C/C=C\CCCCCCCCCC(=O)OCCCCCC/C=C\CCCCCCCCCC(=O)NC(CO)C(O)/C=C/CCCCCCCCCCCCCCCCCCCCCCCC.